The second kappa shape index (κ2) is 17.2. The van der Waals surface area contributed by atoms with E-state index in [1.807, 2.05) is 133 Å². The molecule has 0 unspecified atom stereocenters. The zero-order valence-electron chi connectivity index (χ0n) is 35.5. The lowest BCUT2D eigenvalue weighted by molar-refractivity contribution is 0.177. The number of hydrogen-bond donors (Lipinski definition) is 0. The Kier molecular flexibility index (Phi) is 11.1. The van der Waals surface area contributed by atoms with Gasteiger partial charge in [-0.1, -0.05) is 72.8 Å². The molecule has 64 heavy (non-hydrogen) atoms. The van der Waals surface area contributed by atoms with Gasteiger partial charge in [-0.2, -0.15) is 0 Å². The molecule has 4 amide bonds. The molecule has 0 fully saturated rings. The average molecular weight is 855 g/mol. The van der Waals surface area contributed by atoms with Crippen LogP contribution in [0.25, 0.3) is 43.6 Å². The van der Waals surface area contributed by atoms with Crippen LogP contribution >= 0.6 is 0 Å². The fourth-order valence-electron chi connectivity index (χ4n) is 8.08. The lowest BCUT2D eigenvalue weighted by Crippen LogP contribution is -2.33. The summed E-state index contributed by atoms with van der Waals surface area (Å²) in [5.41, 5.74) is 7.85. The zero-order valence-corrected chi connectivity index (χ0v) is 35.5. The number of carbonyl (C=O) groups excluding carboxylic acids is 4. The molecule has 10 rings (SSSR count). The third-order valence-electron chi connectivity index (χ3n) is 11.5. The lowest BCUT2D eigenvalue weighted by atomic mass is 10.0. The zero-order chi connectivity index (χ0) is 44.5. The topological polar surface area (TPSA) is 144 Å². The summed E-state index contributed by atoms with van der Waals surface area (Å²) < 4.78 is 21.1. The third-order valence-corrected chi connectivity index (χ3v) is 11.5. The number of nitrogens with zero attached hydrogens (tertiary/aromatic N) is 6. The lowest BCUT2D eigenvalue weighted by Gasteiger charge is -2.26. The monoisotopic (exact) mass is 854 g/mol. The van der Waals surface area contributed by atoms with E-state index in [9.17, 15) is 19.2 Å². The van der Waals surface area contributed by atoms with Gasteiger partial charge >= 0.3 is 24.4 Å². The van der Waals surface area contributed by atoms with Crippen LogP contribution in [0.1, 0.15) is 22.3 Å². The summed E-state index contributed by atoms with van der Waals surface area (Å²) in [5.74, 6) is 0. The Morgan fingerprint density at radius 3 is 0.938 bits per heavy atom. The van der Waals surface area contributed by atoms with Crippen LogP contribution in [0.2, 0.25) is 0 Å². The Bertz CT molecular complexity index is 2930. The van der Waals surface area contributed by atoms with Crippen molar-refractivity contribution < 1.29 is 38.1 Å². The van der Waals surface area contributed by atoms with Crippen LogP contribution in [0, 0.1) is 0 Å². The molecule has 0 radical (unpaired) electrons. The molecule has 2 aliphatic rings. The Labute approximate surface area is 367 Å². The first-order chi connectivity index (χ1) is 31.1. The standard InChI is InChI=1S/C50H42N6O8/c1-61-47(57)53-27-31-9-11-32(12-10-31)28-54(48(58)62-2)40-18-14-34-22-36-16-20-42(26-46(36)52-44(34)24-40)56(50(60)64-4)30-38-8-6-5-7-37(38)29-55(49(59)63-3)41-19-15-35-21-33-13-17-39(53)23-43(33)51-45(35)25-41/h5-26H,27-30H2,1-4H3. The summed E-state index contributed by atoms with van der Waals surface area (Å²) in [4.78, 5) is 69.9. The number of amides is 4. The molecule has 2 aliphatic heterocycles. The van der Waals surface area contributed by atoms with Crippen molar-refractivity contribution in [2.75, 3.05) is 48.0 Å². The molecule has 0 N–H and O–H groups in total. The van der Waals surface area contributed by atoms with Gasteiger partial charge in [0, 0.05) is 44.3 Å². The van der Waals surface area contributed by atoms with Gasteiger partial charge in [-0.3, -0.25) is 19.6 Å². The second-order valence-electron chi connectivity index (χ2n) is 15.3. The first-order valence-electron chi connectivity index (χ1n) is 20.4. The van der Waals surface area contributed by atoms with Crippen LogP contribution in [0.5, 0.6) is 0 Å². The molecule has 4 heterocycles. The van der Waals surface area contributed by atoms with Crippen LogP contribution in [0.4, 0.5) is 41.9 Å². The summed E-state index contributed by atoms with van der Waals surface area (Å²) in [6.07, 6.45) is -2.29. The molecule has 14 nitrogen and oxygen atoms in total. The van der Waals surface area contributed by atoms with Crippen molar-refractivity contribution in [3.63, 3.8) is 0 Å². The summed E-state index contributed by atoms with van der Waals surface area (Å²) >= 11 is 0. The van der Waals surface area contributed by atoms with Crippen LogP contribution in [0.3, 0.4) is 0 Å². The minimum atomic E-state index is -0.589. The number of hydrogen-bond acceptors (Lipinski definition) is 10. The van der Waals surface area contributed by atoms with Gasteiger partial charge in [0.2, 0.25) is 0 Å². The molecule has 10 bridgehead atoms. The molecule has 0 saturated heterocycles. The van der Waals surface area contributed by atoms with Crippen molar-refractivity contribution in [2.24, 2.45) is 0 Å². The SMILES string of the molecule is COC(=O)N1Cc2ccc(cc2)CN(C(=O)OC)c2ccc3cc4ccc(cc4nc3c2)N(C(=O)OC)Cc2ccccc2CN(C(=O)OC)c2ccc3cc4ccc1cc4nc3c2. The molecule has 6 aromatic carbocycles. The van der Waals surface area contributed by atoms with E-state index >= 15 is 0 Å². The van der Waals surface area contributed by atoms with Crippen molar-refractivity contribution in [3.8, 4) is 0 Å². The quantitative estimate of drug-likeness (QED) is 0.107. The van der Waals surface area contributed by atoms with Crippen molar-refractivity contribution >= 4 is 90.7 Å². The number of ether oxygens (including phenoxy) is 4. The molecule has 0 saturated carbocycles. The van der Waals surface area contributed by atoms with Crippen molar-refractivity contribution in [1.82, 2.24) is 9.97 Å². The number of benzene rings is 6. The van der Waals surface area contributed by atoms with E-state index in [1.54, 1.807) is 0 Å². The van der Waals surface area contributed by atoms with Crippen LogP contribution in [-0.4, -0.2) is 62.8 Å². The van der Waals surface area contributed by atoms with Gasteiger partial charge < -0.3 is 18.9 Å². The largest absolute Gasteiger partial charge is 0.452 e. The summed E-state index contributed by atoms with van der Waals surface area (Å²) in [5, 5.41) is 3.39. The van der Waals surface area contributed by atoms with Gasteiger partial charge in [-0.05, 0) is 82.9 Å². The predicted molar refractivity (Wildman–Crippen MR) is 246 cm³/mol. The fourth-order valence-corrected chi connectivity index (χ4v) is 8.08. The molecule has 0 atom stereocenters. The highest BCUT2D eigenvalue weighted by molar-refractivity contribution is 6.00. The molecule has 0 aliphatic carbocycles. The number of rotatable bonds is 0. The van der Waals surface area contributed by atoms with Crippen molar-refractivity contribution in [1.29, 1.82) is 0 Å². The van der Waals surface area contributed by atoms with E-state index < -0.39 is 24.4 Å². The molecule has 14 heteroatoms. The molecular formula is C50H42N6O8. The molecule has 0 spiro atoms. The smallest absolute Gasteiger partial charge is 0.414 e. The molecule has 8 aromatic rings. The number of aromatic nitrogens is 2. The van der Waals surface area contributed by atoms with Gasteiger partial charge in [-0.15, -0.1) is 0 Å². The molecule has 2 aromatic heterocycles. The third kappa shape index (κ3) is 7.99. The van der Waals surface area contributed by atoms with E-state index in [0.717, 1.165) is 43.8 Å². The first kappa shape index (κ1) is 41.1. The number of fused-ring (bicyclic) bond motifs is 6. The number of methoxy groups -OCH3 is 4. The van der Waals surface area contributed by atoms with Crippen LogP contribution in [0.15, 0.2) is 133 Å². The minimum absolute atomic E-state index is 0.104. The number of carbonyl (C=O) groups is 4. The van der Waals surface area contributed by atoms with E-state index in [-0.39, 0.29) is 26.2 Å². The van der Waals surface area contributed by atoms with Gasteiger partial charge in [0.05, 0.1) is 76.7 Å². The maximum atomic E-state index is 13.6. The molecule has 320 valence electrons. The maximum absolute atomic E-state index is 13.6. The van der Waals surface area contributed by atoms with Gasteiger partial charge in [0.15, 0.2) is 0 Å². The Hall–Kier alpha value is -8.26. The summed E-state index contributed by atoms with van der Waals surface area (Å²) in [6, 6.07) is 41.5. The van der Waals surface area contributed by atoms with E-state index in [2.05, 4.69) is 0 Å². The second-order valence-corrected chi connectivity index (χ2v) is 15.3. The van der Waals surface area contributed by atoms with Gasteiger partial charge in [-0.25, -0.2) is 29.1 Å². The van der Waals surface area contributed by atoms with Crippen molar-refractivity contribution in [3.05, 3.63) is 156 Å². The number of anilines is 4. The molecular weight excluding hydrogens is 813 g/mol. The van der Waals surface area contributed by atoms with E-state index in [1.165, 1.54) is 48.0 Å². The Balaban J connectivity index is 1.20. The van der Waals surface area contributed by atoms with Gasteiger partial charge in [0.1, 0.15) is 0 Å². The average Bonchev–Trinajstić information content (AvgIpc) is 3.33. The predicted octanol–water partition coefficient (Wildman–Crippen LogP) is 10.5. The normalized spacial score (nSPS) is 13.2. The maximum Gasteiger partial charge on any atom is 0.414 e. The van der Waals surface area contributed by atoms with Crippen LogP contribution < -0.4 is 19.6 Å². The van der Waals surface area contributed by atoms with E-state index in [4.69, 9.17) is 28.9 Å². The summed E-state index contributed by atoms with van der Waals surface area (Å²) in [7, 11) is 5.33. The Morgan fingerprint density at radius 2 is 0.656 bits per heavy atom. The van der Waals surface area contributed by atoms with Gasteiger partial charge in [0.25, 0.3) is 0 Å². The van der Waals surface area contributed by atoms with Crippen molar-refractivity contribution in [2.45, 2.75) is 26.2 Å². The highest BCUT2D eigenvalue weighted by Crippen LogP contribution is 2.33. The summed E-state index contributed by atoms with van der Waals surface area (Å²) in [6.45, 7) is 0.588. The highest BCUT2D eigenvalue weighted by atomic mass is 16.6. The minimum Gasteiger partial charge on any atom is -0.452 e. The Morgan fingerprint density at radius 1 is 0.375 bits per heavy atom. The number of pyridine rings is 2. The van der Waals surface area contributed by atoms with Crippen LogP contribution in [-0.2, 0) is 45.1 Å². The fraction of sp³-hybridized carbons (Fsp3) is 0.160. The highest BCUT2D eigenvalue weighted by Gasteiger charge is 2.24. The first-order valence-corrected chi connectivity index (χ1v) is 20.4. The van der Waals surface area contributed by atoms with E-state index in [0.29, 0.717) is 44.8 Å².